The first-order chi connectivity index (χ1) is 34.6. The first-order valence-corrected chi connectivity index (χ1v) is 24.7. The number of rotatable bonds is 4. The maximum atomic E-state index is 2.54. The standard InChI is InChI=1S/C70H42/c1-39-17-9-11-23-43(39)63-47-27-15-13-25-45(47)61(41-19-5-3-6-20-41)59-37-57-53-31-29-50-52-34-36-56-68-55(35-33-51(66(52)68)49-30-32-54(67(53)65(49)50)58(57)38-60(59)63)69-62(42-21-7-4-8-22-42)46-26-14-16-28-48(46)64(70(56)69)44-24-12-10-18-40(44)2/h3-38H,1-2H3. The minimum absolute atomic E-state index is 1.24. The molecule has 14 aromatic carbocycles. The Morgan fingerprint density at radius 2 is 0.543 bits per heavy atom. The molecule has 0 radical (unpaired) electrons. The zero-order valence-corrected chi connectivity index (χ0v) is 38.8. The van der Waals surface area contributed by atoms with Crippen molar-refractivity contribution in [3.05, 3.63) is 230 Å². The second-order valence-corrected chi connectivity index (χ2v) is 19.8. The molecule has 0 aromatic heterocycles. The second kappa shape index (κ2) is 13.9. The Labute approximate surface area is 405 Å². The topological polar surface area (TPSA) is 0 Å². The summed E-state index contributed by atoms with van der Waals surface area (Å²) in [7, 11) is 0. The molecule has 0 unspecified atom stereocenters. The zero-order valence-electron chi connectivity index (χ0n) is 38.8. The van der Waals surface area contributed by atoms with E-state index in [4.69, 9.17) is 0 Å². The fraction of sp³-hybridized carbons (Fsp3) is 0.0286. The highest BCUT2D eigenvalue weighted by atomic mass is 14.4. The van der Waals surface area contributed by atoms with Crippen LogP contribution >= 0.6 is 0 Å². The van der Waals surface area contributed by atoms with Gasteiger partial charge in [0.15, 0.2) is 0 Å². The van der Waals surface area contributed by atoms with Crippen LogP contribution in [0.1, 0.15) is 11.1 Å². The highest BCUT2D eigenvalue weighted by molar-refractivity contribution is 6.41. The highest BCUT2D eigenvalue weighted by Crippen LogP contribution is 2.61. The van der Waals surface area contributed by atoms with Gasteiger partial charge in [-0.3, -0.25) is 0 Å². The third kappa shape index (κ3) is 4.85. The van der Waals surface area contributed by atoms with E-state index in [2.05, 4.69) is 232 Å². The molecule has 0 nitrogen and oxygen atoms in total. The lowest BCUT2D eigenvalue weighted by Gasteiger charge is -2.21. The van der Waals surface area contributed by atoms with Crippen molar-refractivity contribution < 1.29 is 0 Å². The monoisotopic (exact) mass is 882 g/mol. The third-order valence-corrected chi connectivity index (χ3v) is 16.4. The largest absolute Gasteiger partial charge is 0.0622 e. The van der Waals surface area contributed by atoms with E-state index in [0.29, 0.717) is 0 Å². The maximum Gasteiger partial charge on any atom is -0.000730 e. The van der Waals surface area contributed by atoms with Crippen LogP contribution < -0.4 is 0 Å². The summed E-state index contributed by atoms with van der Waals surface area (Å²) in [6.45, 7) is 4.52. The Hall–Kier alpha value is -8.84. The van der Waals surface area contributed by atoms with Gasteiger partial charge in [0.25, 0.3) is 0 Å². The molecule has 322 valence electrons. The smallest absolute Gasteiger partial charge is 0.000730 e. The van der Waals surface area contributed by atoms with E-state index in [9.17, 15) is 0 Å². The molecule has 0 saturated carbocycles. The fourth-order valence-electron chi connectivity index (χ4n) is 13.5. The Morgan fingerprint density at radius 3 is 1.06 bits per heavy atom. The van der Waals surface area contributed by atoms with Crippen molar-refractivity contribution >= 4 is 75.4 Å². The first-order valence-electron chi connectivity index (χ1n) is 24.7. The van der Waals surface area contributed by atoms with Crippen LogP contribution in [0, 0.1) is 13.8 Å². The second-order valence-electron chi connectivity index (χ2n) is 19.8. The molecular formula is C70H42. The molecule has 0 N–H and O–H groups in total. The van der Waals surface area contributed by atoms with Gasteiger partial charge in [-0.25, -0.2) is 0 Å². The molecule has 0 spiro atoms. The third-order valence-electron chi connectivity index (χ3n) is 16.4. The van der Waals surface area contributed by atoms with E-state index in [1.807, 2.05) is 0 Å². The summed E-state index contributed by atoms with van der Waals surface area (Å²) in [5.41, 5.74) is 23.5. The first kappa shape index (κ1) is 38.2. The van der Waals surface area contributed by atoms with Crippen LogP contribution in [0.2, 0.25) is 0 Å². The number of fused-ring (bicyclic) bond motifs is 11. The summed E-state index contributed by atoms with van der Waals surface area (Å²) in [6, 6.07) is 82.8. The molecule has 0 heterocycles. The number of hydrogen-bond acceptors (Lipinski definition) is 0. The Kier molecular flexibility index (Phi) is 7.57. The number of hydrogen-bond donors (Lipinski definition) is 0. The Balaban J connectivity index is 1.01. The van der Waals surface area contributed by atoms with E-state index >= 15 is 0 Å². The van der Waals surface area contributed by atoms with Gasteiger partial charge in [0.05, 0.1) is 0 Å². The van der Waals surface area contributed by atoms with Crippen LogP contribution in [0.25, 0.3) is 164 Å². The summed E-state index contributed by atoms with van der Waals surface area (Å²) >= 11 is 0. The minimum Gasteiger partial charge on any atom is -0.0622 e. The maximum absolute atomic E-state index is 2.54. The van der Waals surface area contributed by atoms with Crippen molar-refractivity contribution in [1.82, 2.24) is 0 Å². The molecule has 70 heavy (non-hydrogen) atoms. The zero-order chi connectivity index (χ0) is 45.9. The summed E-state index contributed by atoms with van der Waals surface area (Å²) in [5, 5.41) is 18.5. The molecule has 0 saturated heterocycles. The van der Waals surface area contributed by atoms with Crippen LogP contribution in [0.3, 0.4) is 0 Å². The predicted octanol–water partition coefficient (Wildman–Crippen LogP) is 19.8. The van der Waals surface area contributed by atoms with Gasteiger partial charge in [0.2, 0.25) is 0 Å². The van der Waals surface area contributed by atoms with E-state index < -0.39 is 0 Å². The van der Waals surface area contributed by atoms with Gasteiger partial charge in [0, 0.05) is 0 Å². The molecule has 14 aromatic rings. The van der Waals surface area contributed by atoms with Crippen LogP contribution in [0.15, 0.2) is 218 Å². The minimum atomic E-state index is 1.24. The highest BCUT2D eigenvalue weighted by Gasteiger charge is 2.34. The van der Waals surface area contributed by atoms with Gasteiger partial charge in [0.1, 0.15) is 0 Å². The van der Waals surface area contributed by atoms with Gasteiger partial charge >= 0.3 is 0 Å². The van der Waals surface area contributed by atoms with Crippen LogP contribution in [0.5, 0.6) is 0 Å². The van der Waals surface area contributed by atoms with E-state index in [-0.39, 0.29) is 0 Å². The molecule has 0 fully saturated rings. The SMILES string of the molecule is Cc1ccccc1-c1c2c(c(-c3ccccc3)c3ccccc13)-c1ccc3c4ccc5c6c(ccc(c7ccc-2c1c37)c64)-c1cc2c(-c3ccccc3)c3ccccc3c(-c3ccccc3C)c2cc1-5. The molecule has 0 heteroatoms. The lowest BCUT2D eigenvalue weighted by atomic mass is 9.82. The van der Waals surface area contributed by atoms with Gasteiger partial charge in [-0.2, -0.15) is 0 Å². The van der Waals surface area contributed by atoms with Gasteiger partial charge in [-0.15, -0.1) is 0 Å². The molecule has 16 rings (SSSR count). The van der Waals surface area contributed by atoms with E-state index in [0.717, 1.165) is 0 Å². The van der Waals surface area contributed by atoms with Crippen molar-refractivity contribution in [3.63, 3.8) is 0 Å². The van der Waals surface area contributed by atoms with Crippen LogP contribution in [-0.4, -0.2) is 0 Å². The normalized spacial score (nSPS) is 12.4. The summed E-state index contributed by atoms with van der Waals surface area (Å²) in [5.74, 6) is 0. The molecule has 0 atom stereocenters. The van der Waals surface area contributed by atoms with Crippen molar-refractivity contribution in [1.29, 1.82) is 0 Å². The molecule has 0 bridgehead atoms. The predicted molar refractivity (Wildman–Crippen MR) is 300 cm³/mol. The van der Waals surface area contributed by atoms with Gasteiger partial charge in [-0.05, 0) is 202 Å². The average molecular weight is 883 g/mol. The molecular weight excluding hydrogens is 841 g/mol. The van der Waals surface area contributed by atoms with Crippen molar-refractivity contribution in [2.75, 3.05) is 0 Å². The summed E-state index contributed by atoms with van der Waals surface area (Å²) < 4.78 is 0. The van der Waals surface area contributed by atoms with Crippen molar-refractivity contribution in [2.45, 2.75) is 13.8 Å². The molecule has 0 aliphatic heterocycles. The van der Waals surface area contributed by atoms with E-state index in [1.165, 1.54) is 176 Å². The summed E-state index contributed by atoms with van der Waals surface area (Å²) in [6.07, 6.45) is 0. The molecule has 0 amide bonds. The van der Waals surface area contributed by atoms with E-state index in [1.54, 1.807) is 0 Å². The van der Waals surface area contributed by atoms with Gasteiger partial charge in [-0.1, -0.05) is 206 Å². The lowest BCUT2D eigenvalue weighted by molar-refractivity contribution is 1.47. The average Bonchev–Trinajstić information content (AvgIpc) is 3.91. The van der Waals surface area contributed by atoms with Gasteiger partial charge < -0.3 is 0 Å². The summed E-state index contributed by atoms with van der Waals surface area (Å²) in [4.78, 5) is 0. The fourth-order valence-corrected chi connectivity index (χ4v) is 13.5. The van der Waals surface area contributed by atoms with Crippen LogP contribution in [0.4, 0.5) is 0 Å². The molecule has 2 aliphatic rings. The Morgan fingerprint density at radius 1 is 0.186 bits per heavy atom. The molecule has 2 aliphatic carbocycles. The Bertz CT molecular complexity index is 4610. The quantitative estimate of drug-likeness (QED) is 0.122. The van der Waals surface area contributed by atoms with Crippen LogP contribution in [-0.2, 0) is 0 Å². The van der Waals surface area contributed by atoms with Crippen molar-refractivity contribution in [3.8, 4) is 89.0 Å². The number of aryl methyl sites for hydroxylation is 2. The number of benzene rings is 14. The van der Waals surface area contributed by atoms with Crippen molar-refractivity contribution in [2.24, 2.45) is 0 Å². The lowest BCUT2D eigenvalue weighted by Crippen LogP contribution is -1.94.